The van der Waals surface area contributed by atoms with Crippen LogP contribution in [-0.2, 0) is 43.3 Å². The highest BCUT2D eigenvalue weighted by Gasteiger charge is 2.56. The van der Waals surface area contributed by atoms with Gasteiger partial charge < -0.3 is 10.2 Å². The Labute approximate surface area is 450 Å². The second-order valence-electron chi connectivity index (χ2n) is 29.3. The zero-order valence-electron chi connectivity index (χ0n) is 48.1. The Balaban J connectivity index is 1.12. The summed E-state index contributed by atoms with van der Waals surface area (Å²) in [6.07, 6.45) is 7.06. The minimum atomic E-state index is -0.395. The van der Waals surface area contributed by atoms with Crippen molar-refractivity contribution in [2.45, 2.75) is 193 Å². The van der Waals surface area contributed by atoms with E-state index in [1.54, 1.807) is 11.1 Å². The zero-order valence-corrected chi connectivity index (χ0v) is 48.1. The molecule has 2 heterocycles. The molecule has 1 atom stereocenters. The number of hydrogen-bond donors (Lipinski definition) is 1. The molecule has 7 aliphatic rings. The molecular weight excluding hydrogens is 904 g/mol. The van der Waals surface area contributed by atoms with Gasteiger partial charge in [0.15, 0.2) is 7.28 Å². The largest absolute Gasteiger partial charge is 0.355 e. The smallest absolute Gasteiger partial charge is 0.197 e. The van der Waals surface area contributed by atoms with Crippen molar-refractivity contribution in [1.29, 1.82) is 0 Å². The van der Waals surface area contributed by atoms with Crippen LogP contribution in [0.4, 0.5) is 28.4 Å². The Kier molecular flexibility index (Phi) is 9.28. The number of benzene rings is 7. The van der Waals surface area contributed by atoms with E-state index in [-0.39, 0.29) is 37.9 Å². The molecule has 2 aliphatic heterocycles. The van der Waals surface area contributed by atoms with Gasteiger partial charge in [-0.25, -0.2) is 0 Å². The number of nitrogens with one attached hydrogen (secondary N) is 1. The van der Waals surface area contributed by atoms with Crippen LogP contribution in [0, 0.1) is 6.92 Å². The lowest BCUT2D eigenvalue weighted by Crippen LogP contribution is -2.48. The molecule has 0 aromatic heterocycles. The molecule has 379 valence electrons. The van der Waals surface area contributed by atoms with Crippen molar-refractivity contribution in [2.24, 2.45) is 0 Å². The van der Waals surface area contributed by atoms with Gasteiger partial charge in [-0.2, -0.15) is 0 Å². The van der Waals surface area contributed by atoms with Crippen LogP contribution in [-0.4, -0.2) is 7.28 Å². The van der Waals surface area contributed by atoms with E-state index in [0.717, 1.165) is 19.3 Å². The van der Waals surface area contributed by atoms with Crippen LogP contribution in [0.2, 0.25) is 0 Å². The molecule has 0 saturated carbocycles. The summed E-state index contributed by atoms with van der Waals surface area (Å²) in [6, 6.07) is 41.7. The lowest BCUT2D eigenvalue weighted by molar-refractivity contribution is 0.327. The van der Waals surface area contributed by atoms with Gasteiger partial charge in [0.2, 0.25) is 0 Å². The topological polar surface area (TPSA) is 15.3 Å². The van der Waals surface area contributed by atoms with Gasteiger partial charge in [-0.05, 0) is 210 Å². The summed E-state index contributed by atoms with van der Waals surface area (Å²) in [5, 5.41) is 4.26. The minimum Gasteiger partial charge on any atom is -0.355 e. The van der Waals surface area contributed by atoms with E-state index < -0.39 is 5.41 Å². The van der Waals surface area contributed by atoms with Crippen LogP contribution in [0.5, 0.6) is 0 Å². The number of anilines is 5. The van der Waals surface area contributed by atoms with Gasteiger partial charge >= 0.3 is 0 Å². The summed E-state index contributed by atoms with van der Waals surface area (Å²) in [6.45, 7) is 39.9. The molecule has 0 spiro atoms. The third kappa shape index (κ3) is 6.11. The first-order valence-electron chi connectivity index (χ1n) is 28.7. The van der Waals surface area contributed by atoms with Crippen molar-refractivity contribution >= 4 is 46.6 Å². The number of rotatable bonds is 3. The van der Waals surface area contributed by atoms with E-state index in [9.17, 15) is 0 Å². The van der Waals surface area contributed by atoms with Gasteiger partial charge in [0.05, 0.1) is 5.69 Å². The zero-order chi connectivity index (χ0) is 52.7. The van der Waals surface area contributed by atoms with E-state index in [2.05, 4.69) is 231 Å². The fraction of sp³-hybridized carbons (Fsp3) is 0.417. The van der Waals surface area contributed by atoms with Crippen LogP contribution in [0.15, 0.2) is 103 Å². The molecule has 2 nitrogen and oxygen atoms in total. The molecular formula is C72H78BN2. The highest BCUT2D eigenvalue weighted by atomic mass is 15.2. The van der Waals surface area contributed by atoms with Crippen molar-refractivity contribution in [3.63, 3.8) is 0 Å². The first kappa shape index (κ1) is 47.6. The molecule has 0 bridgehead atoms. The lowest BCUT2D eigenvalue weighted by atomic mass is 9.52. The molecule has 14 rings (SSSR count). The van der Waals surface area contributed by atoms with Gasteiger partial charge in [-0.1, -0.05) is 175 Å². The maximum absolute atomic E-state index is 4.26. The summed E-state index contributed by atoms with van der Waals surface area (Å²) in [5.74, 6) is 0. The molecule has 1 unspecified atom stereocenters. The first-order chi connectivity index (χ1) is 35.2. The van der Waals surface area contributed by atoms with Gasteiger partial charge in [-0.3, -0.25) is 0 Å². The van der Waals surface area contributed by atoms with Crippen molar-refractivity contribution in [2.75, 3.05) is 10.2 Å². The van der Waals surface area contributed by atoms with Crippen LogP contribution in [0.3, 0.4) is 0 Å². The maximum atomic E-state index is 4.26. The fourth-order valence-electron chi connectivity index (χ4n) is 16.7. The summed E-state index contributed by atoms with van der Waals surface area (Å²) in [5.41, 5.74) is 34.8. The standard InChI is InChI=1S/C72H78BN2/c1-40-35-54-59(70(12,13)34-33-69(54,10)11)60-62(40)75-63-55(28-27-50-57(63)43-22-18-19-23-47(43)71(50,14)15)73-61-46(37-45-42-21-17-20-24-48(42)72(60,16)58(45)64(61)75)44-38-52-53(68(8,9)32-31-67(52,6)7)39-56(44)74-41-25-26-49-51(36-41)66(4,5)30-29-65(49,2)3/h17-28,35-39,74H,29-34H2,1-16H3. The minimum absolute atomic E-state index is 0.0196. The van der Waals surface area contributed by atoms with Crippen molar-refractivity contribution < 1.29 is 0 Å². The number of fused-ring (bicyclic) bond motifs is 16. The normalized spacial score (nSPS) is 22.7. The Morgan fingerprint density at radius 3 is 1.64 bits per heavy atom. The second kappa shape index (κ2) is 14.6. The van der Waals surface area contributed by atoms with Crippen molar-refractivity contribution in [3.8, 4) is 33.4 Å². The van der Waals surface area contributed by atoms with Gasteiger partial charge in [0.25, 0.3) is 0 Å². The monoisotopic (exact) mass is 982 g/mol. The highest BCUT2D eigenvalue weighted by Crippen LogP contribution is 2.68. The molecule has 0 amide bonds. The van der Waals surface area contributed by atoms with Crippen LogP contribution in [0.25, 0.3) is 33.4 Å². The highest BCUT2D eigenvalue weighted by molar-refractivity contribution is 6.74. The molecule has 3 heteroatoms. The van der Waals surface area contributed by atoms with E-state index in [1.807, 2.05) is 0 Å². The number of nitrogens with zero attached hydrogens (tertiary/aromatic N) is 1. The van der Waals surface area contributed by atoms with Gasteiger partial charge in [0.1, 0.15) is 0 Å². The van der Waals surface area contributed by atoms with Crippen LogP contribution < -0.4 is 21.1 Å². The average molecular weight is 982 g/mol. The van der Waals surface area contributed by atoms with Gasteiger partial charge in [0, 0.05) is 44.7 Å². The molecule has 7 aromatic rings. The van der Waals surface area contributed by atoms with Crippen LogP contribution >= 0.6 is 0 Å². The molecule has 0 fully saturated rings. The van der Waals surface area contributed by atoms with E-state index in [4.69, 9.17) is 0 Å². The third-order valence-corrected chi connectivity index (χ3v) is 21.5. The first-order valence-corrected chi connectivity index (χ1v) is 28.7. The maximum Gasteiger partial charge on any atom is 0.197 e. The fourth-order valence-corrected chi connectivity index (χ4v) is 16.7. The second-order valence-corrected chi connectivity index (χ2v) is 29.3. The molecule has 0 saturated heterocycles. The number of hydrogen-bond acceptors (Lipinski definition) is 2. The van der Waals surface area contributed by atoms with Crippen molar-refractivity contribution in [1.82, 2.24) is 0 Å². The molecule has 1 radical (unpaired) electrons. The third-order valence-electron chi connectivity index (χ3n) is 21.5. The molecule has 5 aliphatic carbocycles. The average Bonchev–Trinajstić information content (AvgIpc) is 3.92. The molecule has 75 heavy (non-hydrogen) atoms. The van der Waals surface area contributed by atoms with Crippen molar-refractivity contribution in [3.05, 3.63) is 170 Å². The van der Waals surface area contributed by atoms with E-state index in [1.165, 1.54) is 148 Å². The van der Waals surface area contributed by atoms with E-state index in [0.29, 0.717) is 0 Å². The summed E-state index contributed by atoms with van der Waals surface area (Å²) in [4.78, 5) is 2.87. The van der Waals surface area contributed by atoms with Crippen LogP contribution in [0.1, 0.15) is 209 Å². The van der Waals surface area contributed by atoms with E-state index >= 15 is 0 Å². The Bertz CT molecular complexity index is 3740. The predicted octanol–water partition coefficient (Wildman–Crippen LogP) is 17.8. The Morgan fingerprint density at radius 2 is 0.960 bits per heavy atom. The molecule has 7 aromatic carbocycles. The lowest BCUT2D eigenvalue weighted by Gasteiger charge is -2.52. The summed E-state index contributed by atoms with van der Waals surface area (Å²) >= 11 is 0. The molecule has 1 N–H and O–H groups in total. The Hall–Kier alpha value is -5.80. The van der Waals surface area contributed by atoms with Gasteiger partial charge in [-0.15, -0.1) is 0 Å². The summed E-state index contributed by atoms with van der Waals surface area (Å²) < 4.78 is 0. The summed E-state index contributed by atoms with van der Waals surface area (Å²) in [7, 11) is 2.63. The number of aryl methyl sites for hydroxylation is 1. The Morgan fingerprint density at radius 1 is 0.400 bits per heavy atom. The SMILES string of the molecule is Cc1cc2c(c3c1N1c4c(ccc5c4-c4ccccc4C5(C)C)[B]c4c(-c5cc6c(cc5Nc5ccc7c(c5)C(C)(C)CCC7(C)C)C(C)(C)CCC6(C)C)cc5c(c41)C3(C)c1ccccc1-5)C(C)(C)CCC2(C)C. The predicted molar refractivity (Wildman–Crippen MR) is 320 cm³/mol. The quantitative estimate of drug-likeness (QED) is 0.178.